The van der Waals surface area contributed by atoms with E-state index in [9.17, 15) is 4.79 Å². The van der Waals surface area contributed by atoms with Crippen molar-refractivity contribution in [1.29, 1.82) is 0 Å². The number of Topliss-reactive ketones (excluding diaryl/α,β-unsaturated/α-hetero) is 1. The van der Waals surface area contributed by atoms with Crippen LogP contribution in [-0.2, 0) is 11.3 Å². The first-order valence-corrected chi connectivity index (χ1v) is 7.59. The second-order valence-electron chi connectivity index (χ2n) is 5.77. The van der Waals surface area contributed by atoms with Gasteiger partial charge in [-0.1, -0.05) is 13.8 Å². The molecule has 3 atom stereocenters. The third-order valence-corrected chi connectivity index (χ3v) is 4.48. The van der Waals surface area contributed by atoms with Gasteiger partial charge in [0.25, 0.3) is 0 Å². The molecule has 0 radical (unpaired) electrons. The molecule has 1 aliphatic carbocycles. The Labute approximate surface area is 113 Å². The van der Waals surface area contributed by atoms with Crippen molar-refractivity contribution in [3.63, 3.8) is 0 Å². The molecule has 1 saturated carbocycles. The largest absolute Gasteiger partial charge is 0.300 e. The van der Waals surface area contributed by atoms with E-state index in [2.05, 4.69) is 36.2 Å². The van der Waals surface area contributed by atoms with E-state index in [1.54, 1.807) is 11.3 Å². The fourth-order valence-corrected chi connectivity index (χ4v) is 3.52. The standard InChI is InChI=1S/C14H22N2OS/c1-10-4-11(2)13(14(17)5-10)7-16(3)6-12-8-18-9-15-12/h8-11,13H,4-7H2,1-3H3. The van der Waals surface area contributed by atoms with E-state index < -0.39 is 0 Å². The Kier molecular flexibility index (Phi) is 4.51. The summed E-state index contributed by atoms with van der Waals surface area (Å²) in [6.45, 7) is 6.11. The number of carbonyl (C=O) groups excluding carboxylic acids is 1. The molecule has 3 nitrogen and oxygen atoms in total. The Morgan fingerprint density at radius 2 is 2.28 bits per heavy atom. The van der Waals surface area contributed by atoms with E-state index in [0.29, 0.717) is 17.6 Å². The van der Waals surface area contributed by atoms with Gasteiger partial charge in [0.2, 0.25) is 0 Å². The Bertz CT molecular complexity index is 391. The highest BCUT2D eigenvalue weighted by Crippen LogP contribution is 2.31. The minimum atomic E-state index is 0.213. The molecular formula is C14H22N2OS. The maximum Gasteiger partial charge on any atom is 0.137 e. The average molecular weight is 266 g/mol. The molecule has 1 aliphatic rings. The van der Waals surface area contributed by atoms with Gasteiger partial charge in [0.1, 0.15) is 5.78 Å². The lowest BCUT2D eigenvalue weighted by atomic mass is 9.74. The molecule has 1 aromatic heterocycles. The Balaban J connectivity index is 1.90. The van der Waals surface area contributed by atoms with Crippen molar-refractivity contribution in [2.45, 2.75) is 33.2 Å². The predicted molar refractivity (Wildman–Crippen MR) is 74.5 cm³/mol. The summed E-state index contributed by atoms with van der Waals surface area (Å²) in [4.78, 5) is 18.6. The van der Waals surface area contributed by atoms with Crippen LogP contribution in [0.4, 0.5) is 0 Å². The second kappa shape index (κ2) is 5.93. The molecule has 1 fully saturated rings. The zero-order chi connectivity index (χ0) is 13.1. The first-order valence-electron chi connectivity index (χ1n) is 6.64. The molecule has 1 heterocycles. The van der Waals surface area contributed by atoms with Gasteiger partial charge >= 0.3 is 0 Å². The van der Waals surface area contributed by atoms with Crippen LogP contribution >= 0.6 is 11.3 Å². The molecular weight excluding hydrogens is 244 g/mol. The third-order valence-electron chi connectivity index (χ3n) is 3.85. The van der Waals surface area contributed by atoms with E-state index in [0.717, 1.165) is 25.2 Å². The zero-order valence-corrected chi connectivity index (χ0v) is 12.2. The van der Waals surface area contributed by atoms with Gasteiger partial charge in [-0.15, -0.1) is 11.3 Å². The number of hydrogen-bond donors (Lipinski definition) is 0. The number of ketones is 1. The van der Waals surface area contributed by atoms with Gasteiger partial charge in [-0.3, -0.25) is 9.69 Å². The van der Waals surface area contributed by atoms with Crippen LogP contribution in [0.15, 0.2) is 10.9 Å². The highest BCUT2D eigenvalue weighted by atomic mass is 32.1. The zero-order valence-electron chi connectivity index (χ0n) is 11.4. The SMILES string of the molecule is CC1CC(=O)C(CN(C)Cc2cscn2)C(C)C1. The highest BCUT2D eigenvalue weighted by Gasteiger charge is 2.32. The lowest BCUT2D eigenvalue weighted by Gasteiger charge is -2.33. The van der Waals surface area contributed by atoms with Crippen LogP contribution in [0, 0.1) is 17.8 Å². The summed E-state index contributed by atoms with van der Waals surface area (Å²) >= 11 is 1.62. The molecule has 4 heteroatoms. The van der Waals surface area contributed by atoms with E-state index >= 15 is 0 Å². The van der Waals surface area contributed by atoms with Gasteiger partial charge in [-0.2, -0.15) is 0 Å². The van der Waals surface area contributed by atoms with Gasteiger partial charge in [0.15, 0.2) is 0 Å². The molecule has 0 aromatic carbocycles. The first kappa shape index (κ1) is 13.7. The van der Waals surface area contributed by atoms with Gasteiger partial charge < -0.3 is 0 Å². The molecule has 0 spiro atoms. The molecule has 0 aliphatic heterocycles. The maximum atomic E-state index is 12.1. The van der Waals surface area contributed by atoms with E-state index in [-0.39, 0.29) is 5.92 Å². The second-order valence-corrected chi connectivity index (χ2v) is 6.49. The highest BCUT2D eigenvalue weighted by molar-refractivity contribution is 7.07. The maximum absolute atomic E-state index is 12.1. The summed E-state index contributed by atoms with van der Waals surface area (Å²) in [6.07, 6.45) is 1.94. The quantitative estimate of drug-likeness (QED) is 0.840. The van der Waals surface area contributed by atoms with Crippen molar-refractivity contribution in [2.75, 3.05) is 13.6 Å². The minimum absolute atomic E-state index is 0.213. The Morgan fingerprint density at radius 3 is 2.89 bits per heavy atom. The van der Waals surface area contributed by atoms with Crippen LogP contribution in [0.5, 0.6) is 0 Å². The summed E-state index contributed by atoms with van der Waals surface area (Å²) < 4.78 is 0. The van der Waals surface area contributed by atoms with Crippen molar-refractivity contribution in [1.82, 2.24) is 9.88 Å². The van der Waals surface area contributed by atoms with Crippen LogP contribution in [0.3, 0.4) is 0 Å². The summed E-state index contributed by atoms with van der Waals surface area (Å²) in [5.74, 6) is 1.74. The van der Waals surface area contributed by atoms with Gasteiger partial charge in [0, 0.05) is 30.8 Å². The molecule has 100 valence electrons. The summed E-state index contributed by atoms with van der Waals surface area (Å²) in [5, 5.41) is 2.07. The van der Waals surface area contributed by atoms with Crippen LogP contribution in [0.25, 0.3) is 0 Å². The van der Waals surface area contributed by atoms with Crippen molar-refractivity contribution >= 4 is 17.1 Å². The topological polar surface area (TPSA) is 33.2 Å². The number of rotatable bonds is 4. The van der Waals surface area contributed by atoms with Crippen molar-refractivity contribution in [3.05, 3.63) is 16.6 Å². The lowest BCUT2D eigenvalue weighted by molar-refractivity contribution is -0.128. The monoisotopic (exact) mass is 266 g/mol. The Hall–Kier alpha value is -0.740. The molecule has 1 aromatic rings. The van der Waals surface area contributed by atoms with E-state index in [1.807, 2.05) is 5.51 Å². The summed E-state index contributed by atoms with van der Waals surface area (Å²) in [5.41, 5.74) is 2.96. The molecule has 2 rings (SSSR count). The summed E-state index contributed by atoms with van der Waals surface area (Å²) in [6, 6.07) is 0. The molecule has 3 unspecified atom stereocenters. The van der Waals surface area contributed by atoms with Crippen LogP contribution in [-0.4, -0.2) is 29.3 Å². The van der Waals surface area contributed by atoms with Gasteiger partial charge in [-0.25, -0.2) is 4.98 Å². The molecule has 18 heavy (non-hydrogen) atoms. The molecule has 0 saturated heterocycles. The van der Waals surface area contributed by atoms with Crippen molar-refractivity contribution in [2.24, 2.45) is 17.8 Å². The Morgan fingerprint density at radius 1 is 1.50 bits per heavy atom. The van der Waals surface area contributed by atoms with E-state index in [1.165, 1.54) is 6.42 Å². The van der Waals surface area contributed by atoms with Gasteiger partial charge in [-0.05, 0) is 25.3 Å². The smallest absolute Gasteiger partial charge is 0.137 e. The average Bonchev–Trinajstić information content (AvgIpc) is 2.76. The van der Waals surface area contributed by atoms with Crippen molar-refractivity contribution < 1.29 is 4.79 Å². The predicted octanol–water partition coefficient (Wildman–Crippen LogP) is 2.83. The number of nitrogens with zero attached hydrogens (tertiary/aromatic N) is 2. The number of aromatic nitrogens is 1. The van der Waals surface area contributed by atoms with Crippen LogP contribution in [0.2, 0.25) is 0 Å². The molecule has 0 amide bonds. The van der Waals surface area contributed by atoms with Crippen molar-refractivity contribution in [3.8, 4) is 0 Å². The fourth-order valence-electron chi connectivity index (χ4n) is 2.97. The summed E-state index contributed by atoms with van der Waals surface area (Å²) in [7, 11) is 2.08. The number of thiazole rings is 1. The van der Waals surface area contributed by atoms with Crippen LogP contribution < -0.4 is 0 Å². The fraction of sp³-hybridized carbons (Fsp3) is 0.714. The molecule has 0 bridgehead atoms. The van der Waals surface area contributed by atoms with Gasteiger partial charge in [0.05, 0.1) is 11.2 Å². The number of carbonyl (C=O) groups is 1. The lowest BCUT2D eigenvalue weighted by Crippen LogP contribution is -2.38. The number of hydrogen-bond acceptors (Lipinski definition) is 4. The van der Waals surface area contributed by atoms with E-state index in [4.69, 9.17) is 0 Å². The molecule has 0 N–H and O–H groups in total. The normalized spacial score (nSPS) is 28.9. The van der Waals surface area contributed by atoms with Crippen LogP contribution in [0.1, 0.15) is 32.4 Å². The first-order chi connectivity index (χ1) is 8.56. The minimum Gasteiger partial charge on any atom is -0.300 e. The third kappa shape index (κ3) is 3.39.